The molecule has 0 spiro atoms. The molecule has 0 aromatic rings. The largest absolute Gasteiger partial charge is 4.00 e. The van der Waals surface area contributed by atoms with Crippen LogP contribution in [0.3, 0.4) is 0 Å². The van der Waals surface area contributed by atoms with E-state index in [1.54, 1.807) is 0 Å². The Kier molecular flexibility index (Phi) is 19.4. The fraction of sp³-hybridized carbons (Fsp3) is 1.00. The zero-order chi connectivity index (χ0) is 22.9. The minimum atomic E-state index is -5.17. The Hall–Kier alpha value is 0.907. The summed E-state index contributed by atoms with van der Waals surface area (Å²) in [4.78, 5) is 0. The van der Waals surface area contributed by atoms with Gasteiger partial charge in [-0.15, -0.1) is 24.2 Å². The van der Waals surface area contributed by atoms with Crippen molar-refractivity contribution in [3.63, 3.8) is 0 Å². The number of hydrogen-bond acceptors (Lipinski definition) is 12. The summed E-state index contributed by atoms with van der Waals surface area (Å²) in [5, 5.41) is 9.00. The van der Waals surface area contributed by atoms with Crippen LogP contribution in [0.15, 0.2) is 0 Å². The van der Waals surface area contributed by atoms with Crippen LogP contribution < -0.4 is 0 Å². The Morgan fingerprint density at radius 3 is 0.581 bits per heavy atom. The minimum absolute atomic E-state index is 0. The summed E-state index contributed by atoms with van der Waals surface area (Å²) in [6.07, 6.45) is 11.1. The maximum atomic E-state index is 8.52. The van der Waals surface area contributed by atoms with Crippen molar-refractivity contribution in [3.05, 3.63) is 10.6 Å². The van der Waals surface area contributed by atoms with E-state index in [9.17, 15) is 0 Å². The first-order valence-electron chi connectivity index (χ1n) is 8.30. The maximum Gasteiger partial charge on any atom is 4.00 e. The molecule has 0 unspecified atom stereocenters. The van der Waals surface area contributed by atoms with Crippen molar-refractivity contribution < 1.29 is 94.7 Å². The molecule has 4 saturated carbocycles. The van der Waals surface area contributed by atoms with Crippen LogP contribution in [0, 0.1) is 0 Å². The van der Waals surface area contributed by atoms with Crippen molar-refractivity contribution in [2.24, 2.45) is 0 Å². The first-order chi connectivity index (χ1) is 12.9. The number of rotatable bonds is 4. The van der Waals surface area contributed by atoms with Crippen molar-refractivity contribution in [1.29, 1.82) is 0 Å². The molecular weight excluding hydrogens is 850 g/mol. The molecule has 0 aromatic carbocycles. The van der Waals surface area contributed by atoms with E-state index in [4.69, 9.17) is 52.6 Å². The van der Waals surface area contributed by atoms with Crippen LogP contribution in [0.2, 0.25) is 0 Å². The van der Waals surface area contributed by atoms with Gasteiger partial charge in [-0.05, 0) is 0 Å². The third-order valence-electron chi connectivity index (χ3n) is 3.03. The van der Waals surface area contributed by atoms with Gasteiger partial charge in [0.15, 0.2) is 0 Å². The van der Waals surface area contributed by atoms with Crippen LogP contribution in [-0.2, 0) is 73.3 Å². The monoisotopic (exact) mass is 870 g/mol. The summed E-state index contributed by atoms with van der Waals surface area (Å²) in [6, 6.07) is 3.25. The van der Waals surface area contributed by atoms with Crippen LogP contribution in [-0.4, -0.2) is 76.7 Å². The zero-order valence-corrected chi connectivity index (χ0v) is 22.6. The Balaban J connectivity index is -0.000000316. The molecule has 0 N–H and O–H groups in total. The zero-order valence-electron chi connectivity index (χ0n) is 15.6. The molecule has 19 heteroatoms. The topological polar surface area (TPSA) is 269 Å². The average Bonchev–Trinajstić information content (AvgIpc) is 3.20. The maximum absolute atomic E-state index is 8.52. The normalized spacial score (nSPS) is 19.5. The fourth-order valence-electron chi connectivity index (χ4n) is 1.49. The molecule has 0 atom stereocenters. The van der Waals surface area contributed by atoms with E-state index in [0.29, 0.717) is 0 Å². The molecule has 0 heterocycles. The standard InChI is InChI=1S/2C6H10N.3H2O4S.2Pt/c2*1-2-5(1)7-6-3-4-6;3*1-5(2,3)4;;/h2*5-6H,1-4H2;3*(H2,1,2,3,4);;/q2*-1;;;;2*+4/p-6. The van der Waals surface area contributed by atoms with E-state index in [-0.39, 0.29) is 42.1 Å². The quantitative estimate of drug-likeness (QED) is 0.252. The van der Waals surface area contributed by atoms with E-state index in [0.717, 1.165) is 24.2 Å². The van der Waals surface area contributed by atoms with Gasteiger partial charge < -0.3 is 38.0 Å². The molecule has 0 radical (unpaired) electrons. The summed E-state index contributed by atoms with van der Waals surface area (Å²) in [5.74, 6) is 0. The van der Waals surface area contributed by atoms with E-state index >= 15 is 0 Å². The van der Waals surface area contributed by atoms with Gasteiger partial charge in [-0.2, -0.15) is 0 Å². The van der Waals surface area contributed by atoms with E-state index in [1.165, 1.54) is 51.4 Å². The molecule has 0 aliphatic heterocycles. The van der Waals surface area contributed by atoms with Crippen LogP contribution in [0.5, 0.6) is 0 Å². The number of nitrogens with zero attached hydrogens (tertiary/aromatic N) is 2. The Morgan fingerprint density at radius 1 is 0.419 bits per heavy atom. The Morgan fingerprint density at radius 2 is 0.516 bits per heavy atom. The van der Waals surface area contributed by atoms with Crippen molar-refractivity contribution >= 4 is 31.2 Å². The van der Waals surface area contributed by atoms with Crippen LogP contribution >= 0.6 is 0 Å². The Bertz CT molecular complexity index is 640. The summed E-state index contributed by atoms with van der Waals surface area (Å²) >= 11 is 0. The van der Waals surface area contributed by atoms with Crippen molar-refractivity contribution in [3.8, 4) is 0 Å². The first-order valence-corrected chi connectivity index (χ1v) is 12.3. The minimum Gasteiger partial charge on any atom is -0.759 e. The number of hydrogen-bond donors (Lipinski definition) is 0. The van der Waals surface area contributed by atoms with Gasteiger partial charge in [0, 0.05) is 31.2 Å². The summed E-state index contributed by atoms with van der Waals surface area (Å²) < 4.78 is 102. The van der Waals surface area contributed by atoms with Gasteiger partial charge in [0.25, 0.3) is 0 Å². The molecule has 0 bridgehead atoms. The van der Waals surface area contributed by atoms with Crippen molar-refractivity contribution in [1.82, 2.24) is 0 Å². The van der Waals surface area contributed by atoms with Gasteiger partial charge in [0.05, 0.1) is 0 Å². The molecule has 0 aromatic heterocycles. The third kappa shape index (κ3) is 59.1. The summed E-state index contributed by atoms with van der Waals surface area (Å²) in [7, 11) is -15.5. The van der Waals surface area contributed by atoms with Crippen molar-refractivity contribution in [2.45, 2.75) is 75.5 Å². The average molecular weight is 871 g/mol. The van der Waals surface area contributed by atoms with E-state index in [2.05, 4.69) is 10.6 Å². The van der Waals surface area contributed by atoms with Crippen LogP contribution in [0.25, 0.3) is 10.6 Å². The molecule has 4 aliphatic rings. The SMILES string of the molecule is C1CC1[N-]C1CC1.C1CC1[N-]C1CC1.O=S(=O)([O-])[O-].O=S(=O)([O-])[O-].O=S(=O)([O-])[O-].[Pt+4].[Pt+4]. The van der Waals surface area contributed by atoms with Crippen LogP contribution in [0.4, 0.5) is 0 Å². The summed E-state index contributed by atoms with van der Waals surface area (Å²) in [5.41, 5.74) is 0. The predicted octanol–water partition coefficient (Wildman–Crippen LogP) is -0.649. The predicted molar refractivity (Wildman–Crippen MR) is 90.2 cm³/mol. The van der Waals surface area contributed by atoms with E-state index in [1.807, 2.05) is 0 Å². The summed E-state index contributed by atoms with van der Waals surface area (Å²) in [6.45, 7) is 0. The molecule has 4 rings (SSSR count). The van der Waals surface area contributed by atoms with E-state index < -0.39 is 31.2 Å². The molecule has 4 fully saturated rings. The van der Waals surface area contributed by atoms with Gasteiger partial charge >= 0.3 is 42.1 Å². The van der Waals surface area contributed by atoms with Gasteiger partial charge in [-0.1, -0.05) is 51.4 Å². The van der Waals surface area contributed by atoms with Gasteiger partial charge in [0.2, 0.25) is 0 Å². The first kappa shape index (κ1) is 36.5. The van der Waals surface area contributed by atoms with Gasteiger partial charge in [-0.25, -0.2) is 0 Å². The van der Waals surface area contributed by atoms with Crippen LogP contribution in [0.1, 0.15) is 51.4 Å². The second kappa shape index (κ2) is 16.5. The fourth-order valence-corrected chi connectivity index (χ4v) is 1.49. The second-order valence-electron chi connectivity index (χ2n) is 6.45. The molecule has 31 heavy (non-hydrogen) atoms. The Labute approximate surface area is 211 Å². The van der Waals surface area contributed by atoms with Gasteiger partial charge in [0.1, 0.15) is 0 Å². The molecular formula is C12H20N2O12Pt2S3. The molecule has 14 nitrogen and oxygen atoms in total. The van der Waals surface area contributed by atoms with Crippen molar-refractivity contribution in [2.75, 3.05) is 0 Å². The molecule has 0 saturated heterocycles. The van der Waals surface area contributed by atoms with Gasteiger partial charge in [-0.3, -0.25) is 25.3 Å². The molecule has 4 aliphatic carbocycles. The second-order valence-corrected chi connectivity index (χ2v) is 8.90. The molecule has 188 valence electrons. The third-order valence-corrected chi connectivity index (χ3v) is 3.03. The molecule has 0 amide bonds. The smallest absolute Gasteiger partial charge is 0.759 e.